The first kappa shape index (κ1) is 18.8. The molecule has 0 aliphatic carbocycles. The molecule has 0 saturated carbocycles. The smallest absolute Gasteiger partial charge is 0.269 e. The number of aliphatic hydroxyl groups excluding tert-OH is 1. The third kappa shape index (κ3) is 4.16. The van der Waals surface area contributed by atoms with Crippen LogP contribution in [0.2, 0.25) is 0 Å². The van der Waals surface area contributed by atoms with Gasteiger partial charge in [-0.05, 0) is 5.56 Å². The summed E-state index contributed by atoms with van der Waals surface area (Å²) in [6.07, 6.45) is 0. The Kier molecular flexibility index (Phi) is 6.74. The van der Waals surface area contributed by atoms with Crippen molar-refractivity contribution in [3.8, 4) is 0 Å². The minimum Gasteiger partial charge on any atom is -0.396 e. The van der Waals surface area contributed by atoms with Gasteiger partial charge in [0, 0.05) is 56.4 Å². The van der Waals surface area contributed by atoms with Crippen LogP contribution >= 0.6 is 12.4 Å². The summed E-state index contributed by atoms with van der Waals surface area (Å²) in [6, 6.07) is 6.73. The van der Waals surface area contributed by atoms with Crippen LogP contribution < -0.4 is 5.32 Å². The minimum absolute atomic E-state index is 0. The summed E-state index contributed by atoms with van der Waals surface area (Å²) < 4.78 is 0. The topological polar surface area (TPSA) is 78.6 Å². The van der Waals surface area contributed by atoms with Gasteiger partial charge in [-0.15, -0.1) is 12.4 Å². The maximum Gasteiger partial charge on any atom is 0.269 e. The Morgan fingerprint density at radius 2 is 2.05 bits per heavy atom. The van der Waals surface area contributed by atoms with Crippen LogP contribution in [-0.2, 0) is 0 Å². The lowest BCUT2D eigenvalue weighted by atomic mass is 9.79. The molecule has 6 nitrogen and oxygen atoms in total. The van der Waals surface area contributed by atoms with Crippen LogP contribution in [0.1, 0.15) is 25.5 Å². The second kappa shape index (κ2) is 7.87. The fourth-order valence-corrected chi connectivity index (χ4v) is 2.99. The zero-order chi connectivity index (χ0) is 15.5. The van der Waals surface area contributed by atoms with E-state index in [4.69, 9.17) is 0 Å². The second-order valence-electron chi connectivity index (χ2n) is 6.19. The first-order chi connectivity index (χ1) is 9.95. The first-order valence-corrected chi connectivity index (χ1v) is 7.26. The van der Waals surface area contributed by atoms with E-state index in [9.17, 15) is 15.2 Å². The zero-order valence-corrected chi connectivity index (χ0v) is 13.8. The molecule has 1 aromatic carbocycles. The van der Waals surface area contributed by atoms with Crippen LogP contribution in [0.3, 0.4) is 0 Å². The van der Waals surface area contributed by atoms with Gasteiger partial charge in [-0.2, -0.15) is 0 Å². The van der Waals surface area contributed by atoms with E-state index in [0.29, 0.717) is 0 Å². The highest BCUT2D eigenvalue weighted by Crippen LogP contribution is 2.39. The van der Waals surface area contributed by atoms with Gasteiger partial charge in [0.25, 0.3) is 5.69 Å². The number of nitrogens with zero attached hydrogens (tertiary/aromatic N) is 2. The predicted octanol–water partition coefficient (Wildman–Crippen LogP) is 1.98. The third-order valence-electron chi connectivity index (χ3n) is 4.06. The number of nitrogens with one attached hydrogen (secondary N) is 1. The van der Waals surface area contributed by atoms with Crippen molar-refractivity contribution in [2.45, 2.75) is 19.9 Å². The highest BCUT2D eigenvalue weighted by atomic mass is 35.5. The molecule has 7 heteroatoms. The summed E-state index contributed by atoms with van der Waals surface area (Å²) in [7, 11) is 0. The SMILES string of the molecule is CC(C)(CO)[C@H](c1cccc([N+](=O)[O-])c1)N1CCNCC1.Cl. The van der Waals surface area contributed by atoms with Gasteiger partial charge in [0.1, 0.15) is 0 Å². The second-order valence-corrected chi connectivity index (χ2v) is 6.19. The van der Waals surface area contributed by atoms with Crippen molar-refractivity contribution in [3.05, 3.63) is 39.9 Å². The fourth-order valence-electron chi connectivity index (χ4n) is 2.99. The molecule has 1 saturated heterocycles. The molecule has 1 atom stereocenters. The molecule has 22 heavy (non-hydrogen) atoms. The average molecular weight is 330 g/mol. The lowest BCUT2D eigenvalue weighted by Gasteiger charge is -2.43. The number of non-ortho nitro benzene ring substituents is 1. The molecule has 1 fully saturated rings. The monoisotopic (exact) mass is 329 g/mol. The Morgan fingerprint density at radius 3 is 2.59 bits per heavy atom. The van der Waals surface area contributed by atoms with Crippen molar-refractivity contribution >= 4 is 18.1 Å². The quantitative estimate of drug-likeness (QED) is 0.638. The summed E-state index contributed by atoms with van der Waals surface area (Å²) in [5.41, 5.74) is 0.624. The number of rotatable bonds is 5. The number of nitro groups is 1. The number of halogens is 1. The lowest BCUT2D eigenvalue weighted by molar-refractivity contribution is -0.385. The summed E-state index contributed by atoms with van der Waals surface area (Å²) >= 11 is 0. The fraction of sp³-hybridized carbons (Fsp3) is 0.600. The van der Waals surface area contributed by atoms with Gasteiger partial charge in [0.2, 0.25) is 0 Å². The van der Waals surface area contributed by atoms with Crippen molar-refractivity contribution in [3.63, 3.8) is 0 Å². The number of piperazine rings is 1. The van der Waals surface area contributed by atoms with E-state index in [1.165, 1.54) is 6.07 Å². The van der Waals surface area contributed by atoms with Gasteiger partial charge in [-0.25, -0.2) is 0 Å². The van der Waals surface area contributed by atoms with Crippen molar-refractivity contribution in [2.24, 2.45) is 5.41 Å². The van der Waals surface area contributed by atoms with E-state index in [0.717, 1.165) is 31.7 Å². The molecule has 0 spiro atoms. The highest BCUT2D eigenvalue weighted by Gasteiger charge is 2.36. The standard InChI is InChI=1S/C15H23N3O3.ClH/c1-15(2,11-19)14(17-8-6-16-7-9-17)12-4-3-5-13(10-12)18(20)21;/h3-5,10,14,16,19H,6-9,11H2,1-2H3;1H/t14-;/m0./s1. The molecule has 0 amide bonds. The van der Waals surface area contributed by atoms with E-state index in [2.05, 4.69) is 10.2 Å². The van der Waals surface area contributed by atoms with E-state index in [1.54, 1.807) is 12.1 Å². The summed E-state index contributed by atoms with van der Waals surface area (Å²) in [4.78, 5) is 12.9. The molecule has 0 aromatic heterocycles. The minimum atomic E-state index is -0.371. The van der Waals surface area contributed by atoms with Gasteiger partial charge in [-0.1, -0.05) is 26.0 Å². The average Bonchev–Trinajstić information content (AvgIpc) is 2.48. The van der Waals surface area contributed by atoms with Crippen molar-refractivity contribution in [1.29, 1.82) is 0 Å². The molecule has 0 unspecified atom stereocenters. The Hall–Kier alpha value is -1.21. The predicted molar refractivity (Wildman–Crippen MR) is 88.4 cm³/mol. The molecule has 2 N–H and O–H groups in total. The molecular formula is C15H24ClN3O3. The van der Waals surface area contributed by atoms with Crippen LogP contribution in [0, 0.1) is 15.5 Å². The van der Waals surface area contributed by atoms with Crippen LogP contribution in [0.4, 0.5) is 5.69 Å². The van der Waals surface area contributed by atoms with Gasteiger partial charge >= 0.3 is 0 Å². The Morgan fingerprint density at radius 1 is 1.41 bits per heavy atom. The van der Waals surface area contributed by atoms with E-state index in [1.807, 2.05) is 19.9 Å². The van der Waals surface area contributed by atoms with E-state index < -0.39 is 0 Å². The third-order valence-corrected chi connectivity index (χ3v) is 4.06. The number of hydrogen-bond acceptors (Lipinski definition) is 5. The van der Waals surface area contributed by atoms with Crippen LogP contribution in [0.5, 0.6) is 0 Å². The maximum absolute atomic E-state index is 11.0. The molecule has 0 bridgehead atoms. The van der Waals surface area contributed by atoms with Gasteiger partial charge in [0.05, 0.1) is 4.92 Å². The largest absolute Gasteiger partial charge is 0.396 e. The molecule has 1 aliphatic rings. The van der Waals surface area contributed by atoms with E-state index >= 15 is 0 Å². The van der Waals surface area contributed by atoms with Gasteiger partial charge < -0.3 is 10.4 Å². The molecule has 1 heterocycles. The Bertz CT molecular complexity index is 505. The van der Waals surface area contributed by atoms with Crippen LogP contribution in [0.25, 0.3) is 0 Å². The van der Waals surface area contributed by atoms with E-state index in [-0.39, 0.29) is 41.1 Å². The summed E-state index contributed by atoms with van der Waals surface area (Å²) in [6.45, 7) is 7.56. The first-order valence-electron chi connectivity index (χ1n) is 7.26. The highest BCUT2D eigenvalue weighted by molar-refractivity contribution is 5.85. The Labute approximate surface area is 137 Å². The molecule has 1 aromatic rings. The van der Waals surface area contributed by atoms with Crippen molar-refractivity contribution in [1.82, 2.24) is 10.2 Å². The summed E-state index contributed by atoms with van der Waals surface area (Å²) in [5, 5.41) is 24.1. The maximum atomic E-state index is 11.0. The number of hydrogen-bond donors (Lipinski definition) is 2. The number of aliphatic hydroxyl groups is 1. The Balaban J connectivity index is 0.00000242. The molecule has 0 radical (unpaired) electrons. The van der Waals surface area contributed by atoms with Gasteiger partial charge in [-0.3, -0.25) is 15.0 Å². The normalized spacial score (nSPS) is 17.6. The summed E-state index contributed by atoms with van der Waals surface area (Å²) in [5.74, 6) is 0. The van der Waals surface area contributed by atoms with Gasteiger partial charge in [0.15, 0.2) is 0 Å². The zero-order valence-electron chi connectivity index (χ0n) is 13.0. The molecule has 124 valence electrons. The van der Waals surface area contributed by atoms with Crippen LogP contribution in [0.15, 0.2) is 24.3 Å². The molecule has 1 aliphatic heterocycles. The van der Waals surface area contributed by atoms with Crippen molar-refractivity contribution < 1.29 is 10.0 Å². The lowest BCUT2D eigenvalue weighted by Crippen LogP contribution is -2.49. The number of nitro benzene ring substituents is 1. The van der Waals surface area contributed by atoms with Crippen LogP contribution in [-0.4, -0.2) is 47.7 Å². The molecular weight excluding hydrogens is 306 g/mol. The van der Waals surface area contributed by atoms with Crippen molar-refractivity contribution in [2.75, 3.05) is 32.8 Å². The molecule has 2 rings (SSSR count). The number of benzene rings is 1.